The lowest BCUT2D eigenvalue weighted by Gasteiger charge is -2.35. The summed E-state index contributed by atoms with van der Waals surface area (Å²) in [4.78, 5) is 18.6. The number of nitrogens with zero attached hydrogens (tertiary/aromatic N) is 6. The summed E-state index contributed by atoms with van der Waals surface area (Å²) in [6, 6.07) is 7.05. The molecule has 3 aromatic rings. The van der Waals surface area contributed by atoms with E-state index in [1.165, 1.54) is 18.2 Å². The Bertz CT molecular complexity index is 1030. The van der Waals surface area contributed by atoms with Crippen molar-refractivity contribution in [3.63, 3.8) is 0 Å². The van der Waals surface area contributed by atoms with Crippen molar-refractivity contribution in [2.24, 2.45) is 0 Å². The molecule has 152 valence electrons. The molecular weight excluding hydrogens is 389 g/mol. The number of non-ortho nitro benzene ring substituents is 1. The normalized spacial score (nSPS) is 15.8. The summed E-state index contributed by atoms with van der Waals surface area (Å²) in [5.41, 5.74) is -0.0666. The van der Waals surface area contributed by atoms with E-state index in [0.717, 1.165) is 17.6 Å². The van der Waals surface area contributed by atoms with Crippen molar-refractivity contribution in [2.45, 2.75) is 12.8 Å². The fourth-order valence-electron chi connectivity index (χ4n) is 3.33. The Morgan fingerprint density at radius 3 is 2.45 bits per heavy atom. The van der Waals surface area contributed by atoms with Gasteiger partial charge < -0.3 is 4.90 Å². The Balaban J connectivity index is 1.41. The zero-order valence-electron chi connectivity index (χ0n) is 15.2. The van der Waals surface area contributed by atoms with Gasteiger partial charge in [0.05, 0.1) is 28.9 Å². The Morgan fingerprint density at radius 1 is 1.07 bits per heavy atom. The van der Waals surface area contributed by atoms with Gasteiger partial charge in [-0.3, -0.25) is 19.7 Å². The van der Waals surface area contributed by atoms with Crippen molar-refractivity contribution in [2.75, 3.05) is 31.1 Å². The first-order valence-electron chi connectivity index (χ1n) is 8.92. The Kier molecular flexibility index (Phi) is 4.82. The van der Waals surface area contributed by atoms with Gasteiger partial charge in [0.25, 0.3) is 5.69 Å². The van der Waals surface area contributed by atoms with Gasteiger partial charge >= 0.3 is 6.18 Å². The van der Waals surface area contributed by atoms with Crippen molar-refractivity contribution in [1.29, 1.82) is 0 Å². The summed E-state index contributed by atoms with van der Waals surface area (Å²) in [7, 11) is 0. The van der Waals surface area contributed by atoms with Crippen molar-refractivity contribution in [1.82, 2.24) is 19.7 Å². The molecule has 1 fully saturated rings. The van der Waals surface area contributed by atoms with E-state index in [0.29, 0.717) is 44.2 Å². The highest BCUT2D eigenvalue weighted by Gasteiger charge is 2.31. The fraction of sp³-hybridized carbons (Fsp3) is 0.333. The van der Waals surface area contributed by atoms with Crippen molar-refractivity contribution in [3.05, 3.63) is 58.4 Å². The quantitative estimate of drug-likeness (QED) is 0.489. The van der Waals surface area contributed by atoms with Crippen LogP contribution in [0.2, 0.25) is 0 Å². The lowest BCUT2D eigenvalue weighted by molar-refractivity contribution is -0.384. The van der Waals surface area contributed by atoms with Crippen LogP contribution < -0.4 is 4.90 Å². The molecule has 0 bridgehead atoms. The van der Waals surface area contributed by atoms with Gasteiger partial charge in [-0.25, -0.2) is 4.98 Å². The molecule has 0 amide bonds. The molecule has 1 aliphatic heterocycles. The van der Waals surface area contributed by atoms with E-state index >= 15 is 0 Å². The van der Waals surface area contributed by atoms with Gasteiger partial charge in [-0.1, -0.05) is 0 Å². The second kappa shape index (κ2) is 7.32. The van der Waals surface area contributed by atoms with E-state index in [4.69, 9.17) is 0 Å². The average Bonchev–Trinajstić information content (AvgIpc) is 3.10. The molecule has 0 saturated carbocycles. The number of piperazine rings is 1. The number of benzene rings is 1. The number of nitro benzene ring substituents is 1. The van der Waals surface area contributed by atoms with Crippen molar-refractivity contribution < 1.29 is 18.1 Å². The third-order valence-electron chi connectivity index (χ3n) is 4.94. The van der Waals surface area contributed by atoms with Crippen LogP contribution >= 0.6 is 0 Å². The molecule has 29 heavy (non-hydrogen) atoms. The summed E-state index contributed by atoms with van der Waals surface area (Å²) in [5, 5.41) is 16.1. The number of fused-ring (bicyclic) bond motifs is 1. The molecular formula is C18H17F3N6O2. The van der Waals surface area contributed by atoms with Gasteiger partial charge in [0.1, 0.15) is 5.82 Å². The first-order valence-corrected chi connectivity index (χ1v) is 8.92. The molecule has 8 nitrogen and oxygen atoms in total. The number of pyridine rings is 1. The number of hydrogen-bond acceptors (Lipinski definition) is 6. The van der Waals surface area contributed by atoms with Crippen LogP contribution in [0.1, 0.15) is 5.56 Å². The van der Waals surface area contributed by atoms with Crippen molar-refractivity contribution in [3.8, 4) is 0 Å². The number of hydrogen-bond donors (Lipinski definition) is 0. The second-order valence-corrected chi connectivity index (χ2v) is 6.79. The molecule has 0 aliphatic carbocycles. The summed E-state index contributed by atoms with van der Waals surface area (Å²) in [5.74, 6) is 0.512. The lowest BCUT2D eigenvalue weighted by atomic mass is 10.2. The molecule has 0 atom stereocenters. The highest BCUT2D eigenvalue weighted by atomic mass is 19.4. The van der Waals surface area contributed by atoms with Gasteiger partial charge in [-0.15, -0.1) is 0 Å². The zero-order chi connectivity index (χ0) is 20.6. The molecule has 0 N–H and O–H groups in total. The maximum Gasteiger partial charge on any atom is 0.417 e. The smallest absolute Gasteiger partial charge is 0.354 e. The molecule has 3 heterocycles. The first-order chi connectivity index (χ1) is 13.8. The minimum absolute atomic E-state index is 0.0115. The monoisotopic (exact) mass is 406 g/mol. The summed E-state index contributed by atoms with van der Waals surface area (Å²) >= 11 is 0. The molecule has 0 unspecified atom stereocenters. The number of halogens is 3. The number of aromatic nitrogens is 3. The molecule has 11 heteroatoms. The Labute approximate surface area is 163 Å². The first kappa shape index (κ1) is 19.1. The van der Waals surface area contributed by atoms with Gasteiger partial charge in [-0.2, -0.15) is 18.3 Å². The maximum absolute atomic E-state index is 12.7. The minimum atomic E-state index is -4.40. The van der Waals surface area contributed by atoms with E-state index < -0.39 is 16.7 Å². The van der Waals surface area contributed by atoms with Crippen LogP contribution in [-0.4, -0.2) is 50.8 Å². The lowest BCUT2D eigenvalue weighted by Crippen LogP contribution is -2.47. The van der Waals surface area contributed by atoms with Crippen LogP contribution in [0.4, 0.5) is 24.7 Å². The number of rotatable bonds is 4. The van der Waals surface area contributed by atoms with Crippen LogP contribution in [0, 0.1) is 10.1 Å². The molecule has 1 aliphatic rings. The largest absolute Gasteiger partial charge is 0.417 e. The Hall–Kier alpha value is -3.21. The topological polar surface area (TPSA) is 80.3 Å². The highest BCUT2D eigenvalue weighted by molar-refractivity contribution is 5.80. The standard InChI is InChI=1S/C18H17F3N6O2/c19-18(20,21)14-2-4-17(22-11-14)25-7-5-24(6-8-25)12-26-16-9-15(27(28)29)3-1-13(16)10-23-26/h1-4,9-11H,5-8,12H2. The molecule has 4 rings (SSSR count). The van der Waals surface area contributed by atoms with E-state index in [1.807, 2.05) is 4.90 Å². The van der Waals surface area contributed by atoms with Crippen LogP contribution in [0.25, 0.3) is 10.9 Å². The van der Waals surface area contributed by atoms with Crippen LogP contribution in [0.3, 0.4) is 0 Å². The number of nitro groups is 1. The summed E-state index contributed by atoms with van der Waals surface area (Å²) in [6.45, 7) is 3.02. The molecule has 2 aromatic heterocycles. The predicted molar refractivity (Wildman–Crippen MR) is 99.4 cm³/mol. The van der Waals surface area contributed by atoms with Gasteiger partial charge in [0.15, 0.2) is 0 Å². The van der Waals surface area contributed by atoms with Crippen molar-refractivity contribution >= 4 is 22.4 Å². The van der Waals surface area contributed by atoms with Gasteiger partial charge in [-0.05, 0) is 18.2 Å². The third kappa shape index (κ3) is 3.99. The van der Waals surface area contributed by atoms with E-state index in [-0.39, 0.29) is 5.69 Å². The third-order valence-corrected chi connectivity index (χ3v) is 4.94. The van der Waals surface area contributed by atoms with Gasteiger partial charge in [0.2, 0.25) is 0 Å². The molecule has 0 spiro atoms. The molecule has 1 aromatic carbocycles. The second-order valence-electron chi connectivity index (χ2n) is 6.79. The van der Waals surface area contributed by atoms with E-state index in [2.05, 4.69) is 15.0 Å². The summed E-state index contributed by atoms with van der Waals surface area (Å²) < 4.78 is 39.7. The maximum atomic E-state index is 12.7. The number of anilines is 1. The van der Waals surface area contributed by atoms with Crippen LogP contribution in [0.5, 0.6) is 0 Å². The zero-order valence-corrected chi connectivity index (χ0v) is 15.2. The molecule has 1 saturated heterocycles. The van der Waals surface area contributed by atoms with Crippen LogP contribution in [-0.2, 0) is 12.8 Å². The van der Waals surface area contributed by atoms with E-state index in [1.54, 1.807) is 16.9 Å². The van der Waals surface area contributed by atoms with E-state index in [9.17, 15) is 23.3 Å². The predicted octanol–water partition coefficient (Wildman–Crippen LogP) is 3.14. The summed E-state index contributed by atoms with van der Waals surface area (Å²) in [6.07, 6.45) is -1.88. The number of alkyl halides is 3. The Morgan fingerprint density at radius 2 is 1.83 bits per heavy atom. The fourth-order valence-corrected chi connectivity index (χ4v) is 3.33. The minimum Gasteiger partial charge on any atom is -0.354 e. The molecule has 0 radical (unpaired) electrons. The highest BCUT2D eigenvalue weighted by Crippen LogP contribution is 2.29. The van der Waals surface area contributed by atoms with Crippen LogP contribution in [0.15, 0.2) is 42.7 Å². The average molecular weight is 406 g/mol. The van der Waals surface area contributed by atoms with Gasteiger partial charge in [0, 0.05) is 49.9 Å². The SMILES string of the molecule is O=[N+]([O-])c1ccc2cnn(CN3CCN(c4ccc(C(F)(F)F)cn4)CC3)c2c1.